The Labute approximate surface area is 238 Å². The number of hydrogen-bond donors (Lipinski definition) is 1. The number of benzene rings is 2. The van der Waals surface area contributed by atoms with E-state index in [1.165, 1.54) is 4.31 Å². The molecule has 1 fully saturated rings. The Bertz CT molecular complexity index is 1410. The van der Waals surface area contributed by atoms with Gasteiger partial charge in [0.2, 0.25) is 10.0 Å². The van der Waals surface area contributed by atoms with Gasteiger partial charge in [0.25, 0.3) is 0 Å². The zero-order valence-electron chi connectivity index (χ0n) is 20.5. The number of nitrogens with zero attached hydrogens (tertiary/aromatic N) is 4. The molecule has 0 bridgehead atoms. The third-order valence-electron chi connectivity index (χ3n) is 5.91. The predicted octanol–water partition coefficient (Wildman–Crippen LogP) is 1.87. The fraction of sp³-hybridized carbons (Fsp3) is 0.222. The third-order valence-corrected chi connectivity index (χ3v) is 8.22. The zero-order chi connectivity index (χ0) is 25.4. The second kappa shape index (κ2) is 13.8. The Balaban J connectivity index is 0.00000380. The maximum Gasteiger partial charge on any atom is 1.00 e. The molecule has 0 amide bonds. The summed E-state index contributed by atoms with van der Waals surface area (Å²) in [6.07, 6.45) is 13.3. The molecular weight excluding hydrogens is 545 g/mol. The summed E-state index contributed by atoms with van der Waals surface area (Å²) in [5.74, 6) is -0.164. The number of allylic oxidation sites excluding steroid dienone is 2. The average Bonchev–Trinajstić information content (AvgIpc) is 2.92. The topological polar surface area (TPSA) is 97.0 Å². The molecule has 0 radical (unpaired) electrons. The van der Waals surface area contributed by atoms with E-state index in [1.54, 1.807) is 30.6 Å². The normalized spacial score (nSPS) is 17.5. The average molecular weight is 570 g/mol. The molecule has 2 aromatic carbocycles. The molecule has 1 aliphatic rings. The molecule has 1 aliphatic heterocycles. The number of fused-ring (bicyclic) bond motifs is 1. The van der Waals surface area contributed by atoms with E-state index in [4.69, 9.17) is 0 Å². The van der Waals surface area contributed by atoms with Gasteiger partial charge in [-0.15, -0.1) is 10.2 Å². The molecule has 1 saturated heterocycles. The molecule has 1 aromatic heterocycles. The van der Waals surface area contributed by atoms with Gasteiger partial charge in [-0.2, -0.15) is 16.6 Å². The van der Waals surface area contributed by atoms with Crippen molar-refractivity contribution in [2.45, 2.75) is 24.3 Å². The molecule has 2 heterocycles. The van der Waals surface area contributed by atoms with Crippen molar-refractivity contribution < 1.29 is 27.3 Å². The van der Waals surface area contributed by atoms with E-state index in [0.29, 0.717) is 35.5 Å². The van der Waals surface area contributed by atoms with Crippen molar-refractivity contribution in [1.29, 1.82) is 0 Å². The summed E-state index contributed by atoms with van der Waals surface area (Å²) in [7, 11) is -3.71. The first-order chi connectivity index (χ1) is 17.5. The first kappa shape index (κ1) is 29.0. The van der Waals surface area contributed by atoms with Gasteiger partial charge in [0.1, 0.15) is 0 Å². The van der Waals surface area contributed by atoms with Crippen LogP contribution in [0.15, 0.2) is 87.4 Å². The zero-order valence-corrected chi connectivity index (χ0v) is 22.9. The van der Waals surface area contributed by atoms with Crippen LogP contribution in [-0.2, 0) is 16.6 Å². The Hall–Kier alpha value is -2.54. The molecular formula is C27H25BrLiN5O2S-2. The van der Waals surface area contributed by atoms with Crippen LogP contribution in [0.1, 0.15) is 18.4 Å². The maximum absolute atomic E-state index is 13.7. The minimum atomic E-state index is -3.71. The second-order valence-electron chi connectivity index (χ2n) is 8.31. The van der Waals surface area contributed by atoms with Crippen molar-refractivity contribution in [3.8, 4) is 0 Å². The van der Waals surface area contributed by atoms with Crippen molar-refractivity contribution >= 4 is 48.7 Å². The summed E-state index contributed by atoms with van der Waals surface area (Å²) >= 11 is 3.17. The van der Waals surface area contributed by atoms with Crippen LogP contribution in [0, 0.1) is 18.3 Å². The Morgan fingerprint density at radius 3 is 2.81 bits per heavy atom. The van der Waals surface area contributed by atoms with Crippen molar-refractivity contribution in [3.05, 3.63) is 101 Å². The molecule has 10 heteroatoms. The molecule has 0 spiro atoms. The molecule has 1 atom stereocenters. The quantitative estimate of drug-likeness (QED) is 0.184. The summed E-state index contributed by atoms with van der Waals surface area (Å²) in [4.78, 5) is 8.81. The smallest absolute Gasteiger partial charge is 0.877 e. The van der Waals surface area contributed by atoms with Crippen LogP contribution in [0.4, 0.5) is 0 Å². The van der Waals surface area contributed by atoms with Crippen LogP contribution in [0.5, 0.6) is 0 Å². The van der Waals surface area contributed by atoms with Gasteiger partial charge in [0.15, 0.2) is 0 Å². The number of sulfonamides is 1. The van der Waals surface area contributed by atoms with Crippen LogP contribution < -0.4 is 24.2 Å². The van der Waals surface area contributed by atoms with Crippen molar-refractivity contribution in [3.63, 3.8) is 0 Å². The minimum absolute atomic E-state index is 0. The van der Waals surface area contributed by atoms with Crippen molar-refractivity contribution in [2.24, 2.45) is 10.9 Å². The van der Waals surface area contributed by atoms with E-state index >= 15 is 0 Å². The van der Waals surface area contributed by atoms with Crippen molar-refractivity contribution in [1.82, 2.24) is 14.6 Å². The molecule has 0 saturated carbocycles. The number of halogens is 1. The van der Waals surface area contributed by atoms with E-state index in [9.17, 15) is 13.8 Å². The number of nitrogens with one attached hydrogen (secondary N) is 1. The van der Waals surface area contributed by atoms with Crippen LogP contribution in [0.2, 0.25) is 0 Å². The molecule has 3 aromatic rings. The number of piperidine rings is 1. The summed E-state index contributed by atoms with van der Waals surface area (Å²) in [5, 5.41) is 13.9. The molecule has 1 unspecified atom stereocenters. The van der Waals surface area contributed by atoms with Gasteiger partial charge >= 0.3 is 18.9 Å². The van der Waals surface area contributed by atoms with Crippen LogP contribution >= 0.6 is 15.9 Å². The number of aromatic nitrogens is 1. The number of hydrogen-bond acceptors (Lipinski definition) is 5. The van der Waals surface area contributed by atoms with Gasteiger partial charge in [-0.1, -0.05) is 76.9 Å². The number of pyridine rings is 1. The Morgan fingerprint density at radius 1 is 1.22 bits per heavy atom. The predicted molar refractivity (Wildman–Crippen MR) is 147 cm³/mol. The first-order valence-corrected chi connectivity index (χ1v) is 13.7. The molecule has 1 N–H and O–H groups in total. The molecule has 7 nitrogen and oxygen atoms in total. The largest absolute Gasteiger partial charge is 1.00 e. The molecule has 186 valence electrons. The van der Waals surface area contributed by atoms with E-state index < -0.39 is 10.0 Å². The van der Waals surface area contributed by atoms with E-state index in [2.05, 4.69) is 43.6 Å². The van der Waals surface area contributed by atoms with Gasteiger partial charge in [0.05, 0.1) is 4.90 Å². The van der Waals surface area contributed by atoms with Gasteiger partial charge in [-0.25, -0.2) is 8.42 Å². The van der Waals surface area contributed by atoms with Crippen LogP contribution in [0.25, 0.3) is 16.2 Å². The van der Waals surface area contributed by atoms with Gasteiger partial charge < -0.3 is 15.7 Å². The van der Waals surface area contributed by atoms with Crippen LogP contribution in [0.3, 0.4) is 0 Å². The standard InChI is InChI=1S/C27H25BrN5O2S.Li/c28-24(16-29)19-32-26(12-14-31-18-21-6-4-13-30-17-21)23-9-5-15-33(20-23)36(34,35)27-11-3-8-22-7-1-2-10-25(22)27;/h1-4,6-8,10-13,16-17,23,31H,5,9,15,18,20H2;/q-3;+1. The first-order valence-electron chi connectivity index (χ1n) is 11.5. The SMILES string of the molecule is [Li+].[N-]=CC(Br)=[C-]N=C(C=[C-]NCc1cccnc1)C1CCCN(S(=O)(=O)c2cccc3ccccc23)C1. The fourth-order valence-electron chi connectivity index (χ4n) is 4.13. The summed E-state index contributed by atoms with van der Waals surface area (Å²) in [5.41, 5.74) is 1.62. The third kappa shape index (κ3) is 7.50. The van der Waals surface area contributed by atoms with E-state index in [-0.39, 0.29) is 35.8 Å². The van der Waals surface area contributed by atoms with Gasteiger partial charge in [-0.05, 0) is 29.5 Å². The molecule has 0 aliphatic carbocycles. The minimum Gasteiger partial charge on any atom is -0.877 e. The number of rotatable bonds is 9. The van der Waals surface area contributed by atoms with Gasteiger partial charge in [-0.3, -0.25) is 11.2 Å². The Morgan fingerprint density at radius 2 is 2.03 bits per heavy atom. The fourth-order valence-corrected chi connectivity index (χ4v) is 5.96. The molecule has 4 rings (SSSR count). The summed E-state index contributed by atoms with van der Waals surface area (Å²) < 4.78 is 29.2. The Kier molecular flexibility index (Phi) is 10.9. The number of aliphatic imine (C=N–C) groups is 1. The van der Waals surface area contributed by atoms with Crippen molar-refractivity contribution in [2.75, 3.05) is 13.1 Å². The summed E-state index contributed by atoms with van der Waals surface area (Å²) in [6, 6.07) is 16.7. The monoisotopic (exact) mass is 569 g/mol. The van der Waals surface area contributed by atoms with Gasteiger partial charge in [0, 0.05) is 37.4 Å². The van der Waals surface area contributed by atoms with Crippen LogP contribution in [-0.4, -0.2) is 42.7 Å². The maximum atomic E-state index is 13.7. The molecule has 37 heavy (non-hydrogen) atoms. The van der Waals surface area contributed by atoms with E-state index in [1.807, 2.05) is 42.5 Å². The second-order valence-corrected chi connectivity index (χ2v) is 11.1. The van der Waals surface area contributed by atoms with E-state index in [0.717, 1.165) is 23.6 Å². The summed E-state index contributed by atoms with van der Waals surface area (Å²) in [6.45, 7) is 1.26.